The maximum absolute atomic E-state index is 13.1. The molecule has 2 heterocycles. The van der Waals surface area contributed by atoms with Crippen LogP contribution >= 0.6 is 0 Å². The highest BCUT2D eigenvalue weighted by Gasteiger charge is 2.48. The Kier molecular flexibility index (Phi) is 6.23. The average Bonchev–Trinajstić information content (AvgIpc) is 3.45. The third kappa shape index (κ3) is 4.17. The SMILES string of the molecule is COC(=O)c1cccc(N2C(=O)C(=O)/C(=C(\O)c3ccc(OC(C)C)cc3)C2c2ccco2)c1. The van der Waals surface area contributed by atoms with E-state index >= 15 is 0 Å². The van der Waals surface area contributed by atoms with E-state index < -0.39 is 23.7 Å². The number of furan rings is 1. The minimum Gasteiger partial charge on any atom is -0.507 e. The molecule has 34 heavy (non-hydrogen) atoms. The number of carbonyl (C=O) groups is 3. The standard InChI is InChI=1S/C26H23NO7/c1-15(2)34-19-11-9-16(10-12-19)23(28)21-22(20-8-5-13-33-20)27(25(30)24(21)29)18-7-4-6-17(14-18)26(31)32-3/h4-15,22,28H,1-3H3/b23-21-. The van der Waals surface area contributed by atoms with Gasteiger partial charge in [-0.25, -0.2) is 4.79 Å². The number of ether oxygens (including phenoxy) is 2. The molecular weight excluding hydrogens is 438 g/mol. The van der Waals surface area contributed by atoms with E-state index in [4.69, 9.17) is 13.9 Å². The van der Waals surface area contributed by atoms with Gasteiger partial charge in [-0.15, -0.1) is 0 Å². The Hall–Kier alpha value is -4.33. The van der Waals surface area contributed by atoms with Crippen LogP contribution in [0.4, 0.5) is 5.69 Å². The van der Waals surface area contributed by atoms with E-state index in [9.17, 15) is 19.5 Å². The minimum atomic E-state index is -1.03. The summed E-state index contributed by atoms with van der Waals surface area (Å²) in [5, 5.41) is 11.1. The molecule has 1 amide bonds. The number of carbonyl (C=O) groups excluding carboxylic acids is 3. The molecule has 8 heteroatoms. The first kappa shape index (κ1) is 22.8. The van der Waals surface area contributed by atoms with E-state index in [0.29, 0.717) is 11.3 Å². The van der Waals surface area contributed by atoms with Gasteiger partial charge in [-0.05, 0) is 68.4 Å². The zero-order chi connectivity index (χ0) is 24.4. The molecule has 4 rings (SSSR count). The van der Waals surface area contributed by atoms with Crippen molar-refractivity contribution in [2.45, 2.75) is 26.0 Å². The average molecular weight is 461 g/mol. The number of hydrogen-bond donors (Lipinski definition) is 1. The Morgan fingerprint density at radius 3 is 2.38 bits per heavy atom. The number of aliphatic hydroxyl groups excluding tert-OH is 1. The van der Waals surface area contributed by atoms with E-state index in [2.05, 4.69) is 0 Å². The van der Waals surface area contributed by atoms with Crippen LogP contribution in [-0.2, 0) is 14.3 Å². The Morgan fingerprint density at radius 2 is 1.76 bits per heavy atom. The number of hydrogen-bond acceptors (Lipinski definition) is 7. The van der Waals surface area contributed by atoms with Gasteiger partial charge in [0.25, 0.3) is 11.7 Å². The Balaban J connectivity index is 1.83. The number of methoxy groups -OCH3 is 1. The summed E-state index contributed by atoms with van der Waals surface area (Å²) in [5.74, 6) is -1.77. The minimum absolute atomic E-state index is 0.0236. The first-order valence-corrected chi connectivity index (χ1v) is 10.6. The lowest BCUT2D eigenvalue weighted by molar-refractivity contribution is -0.132. The number of anilines is 1. The van der Waals surface area contributed by atoms with Crippen molar-refractivity contribution in [3.8, 4) is 5.75 Å². The maximum Gasteiger partial charge on any atom is 0.337 e. The van der Waals surface area contributed by atoms with Crippen molar-refractivity contribution in [1.82, 2.24) is 0 Å². The zero-order valence-corrected chi connectivity index (χ0v) is 18.8. The molecular formula is C26H23NO7. The lowest BCUT2D eigenvalue weighted by Crippen LogP contribution is -2.29. The van der Waals surface area contributed by atoms with Crippen LogP contribution in [0.2, 0.25) is 0 Å². The van der Waals surface area contributed by atoms with Crippen LogP contribution in [0.15, 0.2) is 76.9 Å². The highest BCUT2D eigenvalue weighted by molar-refractivity contribution is 6.51. The van der Waals surface area contributed by atoms with Gasteiger partial charge in [0.2, 0.25) is 0 Å². The van der Waals surface area contributed by atoms with Crippen LogP contribution < -0.4 is 9.64 Å². The van der Waals surface area contributed by atoms with E-state index in [-0.39, 0.29) is 34.4 Å². The van der Waals surface area contributed by atoms with Gasteiger partial charge >= 0.3 is 5.97 Å². The normalized spacial score (nSPS) is 17.3. The predicted molar refractivity (Wildman–Crippen MR) is 123 cm³/mol. The first-order chi connectivity index (χ1) is 16.3. The molecule has 1 aliphatic rings. The number of rotatable bonds is 6. The number of amides is 1. The molecule has 2 aromatic carbocycles. The second-order valence-corrected chi connectivity index (χ2v) is 7.92. The first-order valence-electron chi connectivity index (χ1n) is 10.6. The highest BCUT2D eigenvalue weighted by atomic mass is 16.5. The van der Waals surface area contributed by atoms with Gasteiger partial charge in [0.15, 0.2) is 0 Å². The number of aliphatic hydroxyl groups is 1. The van der Waals surface area contributed by atoms with Gasteiger partial charge in [0.05, 0.1) is 30.6 Å². The molecule has 3 aromatic rings. The van der Waals surface area contributed by atoms with Gasteiger partial charge in [-0.2, -0.15) is 0 Å². The zero-order valence-electron chi connectivity index (χ0n) is 18.8. The molecule has 1 atom stereocenters. The van der Waals surface area contributed by atoms with Gasteiger partial charge in [-0.1, -0.05) is 6.07 Å². The molecule has 1 N–H and O–H groups in total. The van der Waals surface area contributed by atoms with Crippen molar-refractivity contribution < 1.29 is 33.4 Å². The van der Waals surface area contributed by atoms with E-state index in [0.717, 1.165) is 0 Å². The second kappa shape index (κ2) is 9.27. The quantitative estimate of drug-likeness (QED) is 0.250. The summed E-state index contributed by atoms with van der Waals surface area (Å²) in [4.78, 5) is 39.5. The molecule has 1 unspecified atom stereocenters. The van der Waals surface area contributed by atoms with Crippen LogP contribution in [0.25, 0.3) is 5.76 Å². The Morgan fingerprint density at radius 1 is 1.03 bits per heavy atom. The smallest absolute Gasteiger partial charge is 0.337 e. The van der Waals surface area contributed by atoms with Crippen LogP contribution in [0.3, 0.4) is 0 Å². The van der Waals surface area contributed by atoms with Crippen molar-refractivity contribution in [3.63, 3.8) is 0 Å². The fourth-order valence-electron chi connectivity index (χ4n) is 3.83. The molecule has 0 bridgehead atoms. The summed E-state index contributed by atoms with van der Waals surface area (Å²) in [7, 11) is 1.25. The largest absolute Gasteiger partial charge is 0.507 e. The van der Waals surface area contributed by atoms with Gasteiger partial charge in [-0.3, -0.25) is 14.5 Å². The summed E-state index contributed by atoms with van der Waals surface area (Å²) in [6.45, 7) is 3.79. The summed E-state index contributed by atoms with van der Waals surface area (Å²) in [5.41, 5.74) is 0.710. The maximum atomic E-state index is 13.1. The monoisotopic (exact) mass is 461 g/mol. The predicted octanol–water partition coefficient (Wildman–Crippen LogP) is 4.48. The summed E-state index contributed by atoms with van der Waals surface area (Å²) in [6.07, 6.45) is 1.39. The molecule has 0 saturated carbocycles. The summed E-state index contributed by atoms with van der Waals surface area (Å²) >= 11 is 0. The molecule has 1 aliphatic heterocycles. The molecule has 174 valence electrons. The van der Waals surface area contributed by atoms with Crippen molar-refractivity contribution in [2.75, 3.05) is 12.0 Å². The van der Waals surface area contributed by atoms with Crippen molar-refractivity contribution in [3.05, 3.63) is 89.4 Å². The highest BCUT2D eigenvalue weighted by Crippen LogP contribution is 2.42. The number of benzene rings is 2. The third-order valence-corrected chi connectivity index (χ3v) is 5.30. The second-order valence-electron chi connectivity index (χ2n) is 7.92. The fraction of sp³-hybridized carbons (Fsp3) is 0.192. The number of Topliss-reactive ketones (excluding diaryl/α,β-unsaturated/α-hetero) is 1. The number of ketones is 1. The van der Waals surface area contributed by atoms with Crippen LogP contribution in [0.5, 0.6) is 5.75 Å². The van der Waals surface area contributed by atoms with Crippen molar-refractivity contribution >= 4 is 29.1 Å². The van der Waals surface area contributed by atoms with E-state index in [1.54, 1.807) is 48.5 Å². The lowest BCUT2D eigenvalue weighted by atomic mass is 9.99. The number of esters is 1. The van der Waals surface area contributed by atoms with Crippen LogP contribution in [0.1, 0.15) is 41.6 Å². The van der Waals surface area contributed by atoms with E-state index in [1.165, 1.54) is 30.4 Å². The van der Waals surface area contributed by atoms with Gasteiger partial charge in [0, 0.05) is 11.3 Å². The number of nitrogens with zero attached hydrogens (tertiary/aromatic N) is 1. The third-order valence-electron chi connectivity index (χ3n) is 5.30. The molecule has 1 saturated heterocycles. The Bertz CT molecular complexity index is 1260. The molecule has 8 nitrogen and oxygen atoms in total. The fourth-order valence-corrected chi connectivity index (χ4v) is 3.83. The van der Waals surface area contributed by atoms with E-state index in [1.807, 2.05) is 13.8 Å². The molecule has 1 aromatic heterocycles. The molecule has 0 radical (unpaired) electrons. The van der Waals surface area contributed by atoms with Crippen LogP contribution in [-0.4, -0.2) is 36.0 Å². The van der Waals surface area contributed by atoms with Gasteiger partial charge < -0.3 is 19.0 Å². The van der Waals surface area contributed by atoms with Crippen LogP contribution in [0, 0.1) is 0 Å². The molecule has 1 fully saturated rings. The van der Waals surface area contributed by atoms with Crippen molar-refractivity contribution in [1.29, 1.82) is 0 Å². The summed E-state index contributed by atoms with van der Waals surface area (Å²) in [6, 6.07) is 14.9. The topological polar surface area (TPSA) is 106 Å². The summed E-state index contributed by atoms with van der Waals surface area (Å²) < 4.78 is 15.9. The van der Waals surface area contributed by atoms with Crippen molar-refractivity contribution in [2.24, 2.45) is 0 Å². The van der Waals surface area contributed by atoms with Gasteiger partial charge in [0.1, 0.15) is 23.3 Å². The molecule has 0 aliphatic carbocycles. The lowest BCUT2D eigenvalue weighted by Gasteiger charge is -2.23. The molecule has 0 spiro atoms. The Labute approximate surface area is 196 Å².